The average molecular weight is 128 g/mol. The predicted molar refractivity (Wildman–Crippen MR) is 28.9 cm³/mol. The Morgan fingerprint density at radius 1 is 1.89 bits per heavy atom. The smallest absolute Gasteiger partial charge is 0.167 e. The molecule has 1 aliphatic carbocycles. The lowest BCUT2D eigenvalue weighted by molar-refractivity contribution is -0.123. The lowest BCUT2D eigenvalue weighted by atomic mass is 10.1. The van der Waals surface area contributed by atoms with E-state index in [1.165, 1.54) is 0 Å². The summed E-state index contributed by atoms with van der Waals surface area (Å²) in [4.78, 5) is 10.7. The fourth-order valence-electron chi connectivity index (χ4n) is 1.38. The molecule has 1 N–H and O–H groups in total. The number of ether oxygens (including phenoxy) is 1. The molecule has 0 aromatic rings. The van der Waals surface area contributed by atoms with Gasteiger partial charge >= 0.3 is 0 Å². The molecule has 2 rings (SSSR count). The Balaban J connectivity index is 2.26. The fraction of sp³-hybridized carbons (Fsp3) is 0.833. The van der Waals surface area contributed by atoms with Crippen molar-refractivity contribution in [2.24, 2.45) is 0 Å². The summed E-state index contributed by atoms with van der Waals surface area (Å²) in [7, 11) is 0. The molecule has 50 valence electrons. The van der Waals surface area contributed by atoms with Crippen LogP contribution in [0, 0.1) is 0 Å². The highest BCUT2D eigenvalue weighted by molar-refractivity contribution is 5.90. The second kappa shape index (κ2) is 1.20. The molecular weight excluding hydrogens is 120 g/mol. The number of aliphatic hydroxyl groups is 1. The largest absolute Gasteiger partial charge is 0.387 e. The number of carbonyl (C=O) groups is 1. The summed E-state index contributed by atoms with van der Waals surface area (Å²) in [5, 5.41) is 9.33. The van der Waals surface area contributed by atoms with Gasteiger partial charge in [-0.3, -0.25) is 4.79 Å². The third-order valence-electron chi connectivity index (χ3n) is 1.95. The van der Waals surface area contributed by atoms with E-state index in [-0.39, 0.29) is 24.4 Å². The van der Waals surface area contributed by atoms with Crippen molar-refractivity contribution in [3.63, 3.8) is 0 Å². The quantitative estimate of drug-likeness (QED) is 0.446. The van der Waals surface area contributed by atoms with Crippen LogP contribution >= 0.6 is 0 Å². The van der Waals surface area contributed by atoms with E-state index in [0.29, 0.717) is 0 Å². The Hall–Kier alpha value is -0.410. The molecule has 3 heteroatoms. The van der Waals surface area contributed by atoms with Crippen molar-refractivity contribution in [3.05, 3.63) is 0 Å². The summed E-state index contributed by atoms with van der Waals surface area (Å²) >= 11 is 0. The molecule has 1 saturated carbocycles. The number of Topliss-reactive ketones (excluding diaryl/α,β-unsaturated/α-hetero) is 1. The summed E-state index contributed by atoms with van der Waals surface area (Å²) < 4.78 is 4.88. The Bertz CT molecular complexity index is 173. The molecule has 0 aromatic carbocycles. The van der Waals surface area contributed by atoms with Crippen molar-refractivity contribution >= 4 is 5.78 Å². The van der Waals surface area contributed by atoms with Crippen LogP contribution in [0.4, 0.5) is 0 Å². The first-order chi connectivity index (χ1) is 4.11. The lowest BCUT2D eigenvalue weighted by Gasteiger charge is -2.13. The van der Waals surface area contributed by atoms with Gasteiger partial charge in [0.05, 0.1) is 5.60 Å². The van der Waals surface area contributed by atoms with Crippen LogP contribution in [-0.2, 0) is 9.53 Å². The first-order valence-electron chi connectivity index (χ1n) is 3.02. The number of hydrogen-bond donors (Lipinski definition) is 1. The van der Waals surface area contributed by atoms with Crippen LogP contribution in [0.15, 0.2) is 0 Å². The summed E-state index contributed by atoms with van der Waals surface area (Å²) in [5.41, 5.74) is -0.873. The molecule has 0 aromatic heterocycles. The third-order valence-corrected chi connectivity index (χ3v) is 1.95. The van der Waals surface area contributed by atoms with Gasteiger partial charge in [0.15, 0.2) is 5.78 Å². The molecule has 2 fully saturated rings. The second-order valence-corrected chi connectivity index (χ2v) is 2.98. The summed E-state index contributed by atoms with van der Waals surface area (Å²) in [6.07, 6.45) is -0.188. The van der Waals surface area contributed by atoms with Gasteiger partial charge in [0.25, 0.3) is 0 Å². The lowest BCUT2D eigenvalue weighted by Crippen LogP contribution is -2.28. The van der Waals surface area contributed by atoms with Crippen LogP contribution in [0.3, 0.4) is 0 Å². The number of rotatable bonds is 0. The third kappa shape index (κ3) is 0.559. The van der Waals surface area contributed by atoms with E-state index >= 15 is 0 Å². The van der Waals surface area contributed by atoms with E-state index in [2.05, 4.69) is 0 Å². The molecule has 0 unspecified atom stereocenters. The van der Waals surface area contributed by atoms with Gasteiger partial charge in [0.1, 0.15) is 12.2 Å². The number of carbonyl (C=O) groups excluding carboxylic acids is 1. The van der Waals surface area contributed by atoms with Gasteiger partial charge in [-0.25, -0.2) is 0 Å². The number of ketones is 1. The zero-order chi connectivity index (χ0) is 6.65. The van der Waals surface area contributed by atoms with Gasteiger partial charge in [-0.05, 0) is 6.92 Å². The minimum absolute atomic E-state index is 0.0463. The average Bonchev–Trinajstić information content (AvgIpc) is 2.33. The Morgan fingerprint density at radius 2 is 2.56 bits per heavy atom. The van der Waals surface area contributed by atoms with Crippen molar-refractivity contribution in [2.45, 2.75) is 31.2 Å². The molecule has 0 bridgehead atoms. The first kappa shape index (κ1) is 5.38. The molecular formula is C6H8O3. The topological polar surface area (TPSA) is 49.8 Å². The molecule has 3 atom stereocenters. The Labute approximate surface area is 52.6 Å². The first-order valence-corrected chi connectivity index (χ1v) is 3.02. The molecule has 2 aliphatic rings. The Kier molecular flexibility index (Phi) is 0.716. The highest BCUT2D eigenvalue weighted by Gasteiger charge is 2.62. The molecule has 3 nitrogen and oxygen atoms in total. The van der Waals surface area contributed by atoms with Crippen molar-refractivity contribution in [2.75, 3.05) is 0 Å². The van der Waals surface area contributed by atoms with E-state index in [1.54, 1.807) is 6.92 Å². The van der Waals surface area contributed by atoms with E-state index in [9.17, 15) is 9.90 Å². The standard InChI is InChI=1S/C6H8O3/c1-6(8)2-3(7)4-5(6)9-4/h4-5,8H,2H2,1H3/t4-,5-,6+/m0/s1. The van der Waals surface area contributed by atoms with Crippen molar-refractivity contribution < 1.29 is 14.6 Å². The van der Waals surface area contributed by atoms with E-state index in [4.69, 9.17) is 4.74 Å². The molecule has 1 saturated heterocycles. The maximum atomic E-state index is 10.7. The van der Waals surface area contributed by atoms with Crippen LogP contribution < -0.4 is 0 Å². The molecule has 1 heterocycles. The van der Waals surface area contributed by atoms with E-state index in [0.717, 1.165) is 0 Å². The minimum Gasteiger partial charge on any atom is -0.387 e. The van der Waals surface area contributed by atoms with E-state index in [1.807, 2.05) is 0 Å². The van der Waals surface area contributed by atoms with Gasteiger partial charge < -0.3 is 9.84 Å². The van der Waals surface area contributed by atoms with Gasteiger partial charge in [0.2, 0.25) is 0 Å². The van der Waals surface area contributed by atoms with Gasteiger partial charge in [-0.1, -0.05) is 0 Å². The summed E-state index contributed by atoms with van der Waals surface area (Å²) in [6, 6.07) is 0. The van der Waals surface area contributed by atoms with Gasteiger partial charge in [-0.15, -0.1) is 0 Å². The van der Waals surface area contributed by atoms with Crippen LogP contribution in [-0.4, -0.2) is 28.7 Å². The molecule has 0 spiro atoms. The molecule has 1 aliphatic heterocycles. The highest BCUT2D eigenvalue weighted by atomic mass is 16.6. The Morgan fingerprint density at radius 3 is 2.67 bits per heavy atom. The second-order valence-electron chi connectivity index (χ2n) is 2.98. The van der Waals surface area contributed by atoms with Crippen LogP contribution in [0.1, 0.15) is 13.3 Å². The van der Waals surface area contributed by atoms with Crippen LogP contribution in [0.2, 0.25) is 0 Å². The monoisotopic (exact) mass is 128 g/mol. The van der Waals surface area contributed by atoms with Crippen molar-refractivity contribution in [1.29, 1.82) is 0 Å². The highest BCUT2D eigenvalue weighted by Crippen LogP contribution is 2.42. The number of epoxide rings is 1. The van der Waals surface area contributed by atoms with Crippen LogP contribution in [0.5, 0.6) is 0 Å². The van der Waals surface area contributed by atoms with Crippen molar-refractivity contribution in [3.8, 4) is 0 Å². The molecule has 0 amide bonds. The number of hydrogen-bond acceptors (Lipinski definition) is 3. The summed E-state index contributed by atoms with van der Waals surface area (Å²) in [5.74, 6) is 0.0463. The summed E-state index contributed by atoms with van der Waals surface area (Å²) in [6.45, 7) is 1.64. The maximum absolute atomic E-state index is 10.7. The van der Waals surface area contributed by atoms with E-state index < -0.39 is 5.60 Å². The minimum atomic E-state index is -0.873. The van der Waals surface area contributed by atoms with Crippen molar-refractivity contribution in [1.82, 2.24) is 0 Å². The normalized spacial score (nSPS) is 55.6. The number of fused-ring (bicyclic) bond motifs is 1. The van der Waals surface area contributed by atoms with Crippen LogP contribution in [0.25, 0.3) is 0 Å². The molecule has 0 radical (unpaired) electrons. The zero-order valence-corrected chi connectivity index (χ0v) is 5.13. The zero-order valence-electron chi connectivity index (χ0n) is 5.13. The van der Waals surface area contributed by atoms with Gasteiger partial charge in [-0.2, -0.15) is 0 Å². The predicted octanol–water partition coefficient (Wildman–Crippen LogP) is -0.522. The fourth-order valence-corrected chi connectivity index (χ4v) is 1.38. The van der Waals surface area contributed by atoms with Gasteiger partial charge in [0, 0.05) is 6.42 Å². The molecule has 9 heavy (non-hydrogen) atoms. The SMILES string of the molecule is C[C@@]1(O)CC(=O)[C@@H]2O[C@@H]21. The maximum Gasteiger partial charge on any atom is 0.167 e.